The van der Waals surface area contributed by atoms with Crippen LogP contribution in [0.25, 0.3) is 0 Å². The predicted molar refractivity (Wildman–Crippen MR) is 51.5 cm³/mol. The van der Waals surface area contributed by atoms with Crippen molar-refractivity contribution in [1.29, 1.82) is 0 Å². The molecule has 0 bridgehead atoms. The van der Waals surface area contributed by atoms with Crippen molar-refractivity contribution >= 4 is 0 Å². The van der Waals surface area contributed by atoms with E-state index in [4.69, 9.17) is 9.47 Å². The molecule has 1 aromatic heterocycles. The number of nitrogens with zero attached hydrogens (tertiary/aromatic N) is 1. The Kier molecular flexibility index (Phi) is 4.52. The summed E-state index contributed by atoms with van der Waals surface area (Å²) in [5.41, 5.74) is 1.48. The lowest BCUT2D eigenvalue weighted by molar-refractivity contribution is -0.0980. The quantitative estimate of drug-likeness (QED) is 0.722. The number of aliphatic hydroxyl groups is 1. The van der Waals surface area contributed by atoms with Crippen LogP contribution in [0, 0.1) is 0 Å². The third kappa shape index (κ3) is 3.06. The number of pyridine rings is 1. The summed E-state index contributed by atoms with van der Waals surface area (Å²) < 4.78 is 9.99. The van der Waals surface area contributed by atoms with Crippen molar-refractivity contribution in [3.63, 3.8) is 0 Å². The minimum atomic E-state index is -0.876. The number of ether oxygens (including phenoxy) is 2. The van der Waals surface area contributed by atoms with Gasteiger partial charge in [-0.15, -0.1) is 0 Å². The highest BCUT2D eigenvalue weighted by Gasteiger charge is 2.07. The Labute approximate surface area is 83.5 Å². The maximum absolute atomic E-state index is 9.52. The Morgan fingerprint density at radius 3 is 3.00 bits per heavy atom. The van der Waals surface area contributed by atoms with Gasteiger partial charge in [0.2, 0.25) is 0 Å². The molecule has 0 amide bonds. The number of rotatable bonds is 5. The molecule has 0 aromatic carbocycles. The Morgan fingerprint density at radius 1 is 1.57 bits per heavy atom. The van der Waals surface area contributed by atoms with Crippen molar-refractivity contribution in [2.75, 3.05) is 13.7 Å². The van der Waals surface area contributed by atoms with Crippen LogP contribution in [0.3, 0.4) is 0 Å². The molecule has 0 radical (unpaired) electrons. The van der Waals surface area contributed by atoms with Crippen LogP contribution in [0.15, 0.2) is 18.3 Å². The summed E-state index contributed by atoms with van der Waals surface area (Å²) in [5, 5.41) is 9.52. The van der Waals surface area contributed by atoms with Crippen molar-refractivity contribution < 1.29 is 14.6 Å². The van der Waals surface area contributed by atoms with Gasteiger partial charge < -0.3 is 14.6 Å². The smallest absolute Gasteiger partial charge is 0.181 e. The molecule has 1 aromatic rings. The summed E-state index contributed by atoms with van der Waals surface area (Å²) in [7, 11) is 1.60. The largest absolute Gasteiger partial charge is 0.378 e. The minimum Gasteiger partial charge on any atom is -0.378 e. The van der Waals surface area contributed by atoms with Crippen molar-refractivity contribution in [2.24, 2.45) is 0 Å². The predicted octanol–water partition coefficient (Wildman–Crippen LogP) is 1.26. The minimum absolute atomic E-state index is 0.437. The highest BCUT2D eigenvalue weighted by molar-refractivity contribution is 5.16. The van der Waals surface area contributed by atoms with Gasteiger partial charge in [0.15, 0.2) is 6.29 Å². The second kappa shape index (κ2) is 5.70. The molecule has 78 valence electrons. The summed E-state index contributed by atoms with van der Waals surface area (Å²) in [6.07, 6.45) is 0.755. The molecule has 0 fully saturated rings. The Morgan fingerprint density at radius 2 is 2.36 bits per heavy atom. The van der Waals surface area contributed by atoms with E-state index in [9.17, 15) is 5.11 Å². The third-order valence-electron chi connectivity index (χ3n) is 1.74. The van der Waals surface area contributed by atoms with E-state index in [0.29, 0.717) is 18.8 Å². The first-order valence-corrected chi connectivity index (χ1v) is 4.51. The van der Waals surface area contributed by atoms with Gasteiger partial charge in [0.1, 0.15) is 0 Å². The summed E-state index contributed by atoms with van der Waals surface area (Å²) in [6.45, 7) is 2.75. The summed E-state index contributed by atoms with van der Waals surface area (Å²) in [6, 6.07) is 3.49. The van der Waals surface area contributed by atoms with Crippen molar-refractivity contribution in [3.05, 3.63) is 29.6 Å². The molecule has 4 nitrogen and oxygen atoms in total. The fourth-order valence-electron chi connectivity index (χ4n) is 1.13. The van der Waals surface area contributed by atoms with Crippen molar-refractivity contribution in [1.82, 2.24) is 4.98 Å². The van der Waals surface area contributed by atoms with Gasteiger partial charge in [-0.25, -0.2) is 0 Å². The van der Waals surface area contributed by atoms with E-state index in [2.05, 4.69) is 4.98 Å². The maximum Gasteiger partial charge on any atom is 0.181 e. The van der Waals surface area contributed by atoms with Crippen LogP contribution >= 0.6 is 0 Å². The van der Waals surface area contributed by atoms with Gasteiger partial charge in [0.25, 0.3) is 0 Å². The monoisotopic (exact) mass is 197 g/mol. The number of aromatic nitrogens is 1. The SMILES string of the molecule is CCOC(O)c1ccnc(COC)c1. The lowest BCUT2D eigenvalue weighted by Crippen LogP contribution is -2.04. The zero-order valence-corrected chi connectivity index (χ0v) is 8.43. The molecule has 1 unspecified atom stereocenters. The van der Waals surface area contributed by atoms with Crippen LogP contribution in [0.5, 0.6) is 0 Å². The molecular weight excluding hydrogens is 182 g/mol. The molecule has 4 heteroatoms. The van der Waals surface area contributed by atoms with Gasteiger partial charge in [0.05, 0.1) is 12.3 Å². The summed E-state index contributed by atoms with van der Waals surface area (Å²) in [5.74, 6) is 0. The Bertz CT molecular complexity index is 278. The van der Waals surface area contributed by atoms with E-state index in [1.807, 2.05) is 6.92 Å². The molecule has 0 aliphatic carbocycles. The molecule has 1 atom stereocenters. The molecule has 1 N–H and O–H groups in total. The van der Waals surface area contributed by atoms with Crippen LogP contribution in [0.4, 0.5) is 0 Å². The van der Waals surface area contributed by atoms with Crippen molar-refractivity contribution in [2.45, 2.75) is 19.8 Å². The molecule has 0 saturated heterocycles. The van der Waals surface area contributed by atoms with Gasteiger partial charge in [0, 0.05) is 25.5 Å². The first-order chi connectivity index (χ1) is 6.77. The summed E-state index contributed by atoms with van der Waals surface area (Å²) >= 11 is 0. The van der Waals surface area contributed by atoms with E-state index in [1.165, 1.54) is 0 Å². The molecule has 0 aliphatic rings. The Balaban J connectivity index is 2.71. The first-order valence-electron chi connectivity index (χ1n) is 4.51. The van der Waals surface area contributed by atoms with Crippen molar-refractivity contribution in [3.8, 4) is 0 Å². The highest BCUT2D eigenvalue weighted by Crippen LogP contribution is 2.14. The van der Waals surface area contributed by atoms with E-state index in [1.54, 1.807) is 25.4 Å². The lowest BCUT2D eigenvalue weighted by atomic mass is 10.2. The van der Waals surface area contributed by atoms with Gasteiger partial charge in [-0.3, -0.25) is 4.98 Å². The van der Waals surface area contributed by atoms with Crippen LogP contribution in [0.1, 0.15) is 24.5 Å². The Hall–Kier alpha value is -0.970. The van der Waals surface area contributed by atoms with Gasteiger partial charge >= 0.3 is 0 Å². The maximum atomic E-state index is 9.52. The first kappa shape index (κ1) is 11.1. The molecular formula is C10H15NO3. The number of aliphatic hydroxyl groups excluding tert-OH is 1. The lowest BCUT2D eigenvalue weighted by Gasteiger charge is -2.11. The average molecular weight is 197 g/mol. The molecule has 0 saturated carbocycles. The van der Waals surface area contributed by atoms with Gasteiger partial charge in [-0.05, 0) is 19.1 Å². The topological polar surface area (TPSA) is 51.6 Å². The van der Waals surface area contributed by atoms with Crippen LogP contribution in [-0.2, 0) is 16.1 Å². The number of hydrogen-bond donors (Lipinski definition) is 1. The van der Waals surface area contributed by atoms with E-state index < -0.39 is 6.29 Å². The van der Waals surface area contributed by atoms with Crippen LogP contribution in [-0.4, -0.2) is 23.8 Å². The molecule has 1 heterocycles. The molecule has 14 heavy (non-hydrogen) atoms. The van der Waals surface area contributed by atoms with E-state index in [-0.39, 0.29) is 0 Å². The highest BCUT2D eigenvalue weighted by atomic mass is 16.6. The average Bonchev–Trinajstić information content (AvgIpc) is 2.19. The summed E-state index contributed by atoms with van der Waals surface area (Å²) in [4.78, 5) is 4.08. The molecule has 0 aliphatic heterocycles. The second-order valence-electron chi connectivity index (χ2n) is 2.82. The van der Waals surface area contributed by atoms with Gasteiger partial charge in [-0.2, -0.15) is 0 Å². The molecule has 1 rings (SSSR count). The van der Waals surface area contributed by atoms with E-state index >= 15 is 0 Å². The standard InChI is InChI=1S/C10H15NO3/c1-3-14-10(12)8-4-5-11-9(6-8)7-13-2/h4-6,10,12H,3,7H2,1-2H3. The third-order valence-corrected chi connectivity index (χ3v) is 1.74. The van der Waals surface area contributed by atoms with Gasteiger partial charge in [-0.1, -0.05) is 0 Å². The second-order valence-corrected chi connectivity index (χ2v) is 2.82. The molecule has 0 spiro atoms. The fraction of sp³-hybridized carbons (Fsp3) is 0.500. The van der Waals surface area contributed by atoms with Crippen LogP contribution in [0.2, 0.25) is 0 Å². The van der Waals surface area contributed by atoms with Crippen LogP contribution < -0.4 is 0 Å². The number of hydrogen-bond acceptors (Lipinski definition) is 4. The zero-order valence-electron chi connectivity index (χ0n) is 8.43. The zero-order chi connectivity index (χ0) is 10.4. The normalized spacial score (nSPS) is 12.8. The fourth-order valence-corrected chi connectivity index (χ4v) is 1.13. The van der Waals surface area contributed by atoms with E-state index in [0.717, 1.165) is 5.69 Å². The number of methoxy groups -OCH3 is 1.